The number of ether oxygens (including phenoxy) is 1. The lowest BCUT2D eigenvalue weighted by Gasteiger charge is -2.36. The first-order chi connectivity index (χ1) is 14.7. The first kappa shape index (κ1) is 24.6. The van der Waals surface area contributed by atoms with Crippen LogP contribution in [0, 0.1) is 0 Å². The number of carbonyl (C=O) groups is 1. The molecular formula is C26H40N2O3Si. The molecule has 1 aromatic carbocycles. The van der Waals surface area contributed by atoms with Gasteiger partial charge in [0.05, 0.1) is 0 Å². The highest BCUT2D eigenvalue weighted by Gasteiger charge is 2.36. The van der Waals surface area contributed by atoms with Crippen LogP contribution in [0.3, 0.4) is 0 Å². The molecule has 0 bridgehead atoms. The Balaban J connectivity index is 1.67. The summed E-state index contributed by atoms with van der Waals surface area (Å²) >= 11 is 0. The van der Waals surface area contributed by atoms with Crippen molar-refractivity contribution in [3.63, 3.8) is 0 Å². The molecule has 0 saturated heterocycles. The number of fused-ring (bicyclic) bond motifs is 1. The van der Waals surface area contributed by atoms with Gasteiger partial charge in [-0.25, -0.2) is 4.79 Å². The summed E-state index contributed by atoms with van der Waals surface area (Å²) in [4.78, 5) is 17.8. The largest absolute Gasteiger partial charge is 0.444 e. The summed E-state index contributed by atoms with van der Waals surface area (Å²) in [6.45, 7) is 19.1. The molecule has 1 aromatic heterocycles. The zero-order valence-corrected chi connectivity index (χ0v) is 22.1. The van der Waals surface area contributed by atoms with Gasteiger partial charge < -0.3 is 19.0 Å². The minimum absolute atomic E-state index is 0.225. The number of carbonyl (C=O) groups excluding carboxylic acids is 1. The highest BCUT2D eigenvalue weighted by molar-refractivity contribution is 6.74. The Hall–Kier alpha value is -2.05. The van der Waals surface area contributed by atoms with Gasteiger partial charge in [-0.05, 0) is 74.7 Å². The summed E-state index contributed by atoms with van der Waals surface area (Å²) in [5.74, 6) is 0. The van der Waals surface area contributed by atoms with Crippen LogP contribution in [-0.4, -0.2) is 49.6 Å². The van der Waals surface area contributed by atoms with Crippen molar-refractivity contribution in [1.82, 2.24) is 9.88 Å². The Morgan fingerprint density at radius 1 is 1.12 bits per heavy atom. The van der Waals surface area contributed by atoms with E-state index in [9.17, 15) is 4.79 Å². The van der Waals surface area contributed by atoms with E-state index in [-0.39, 0.29) is 11.1 Å². The second kappa shape index (κ2) is 9.06. The van der Waals surface area contributed by atoms with Crippen LogP contribution >= 0.6 is 0 Å². The predicted octanol–water partition coefficient (Wildman–Crippen LogP) is 6.76. The van der Waals surface area contributed by atoms with E-state index >= 15 is 0 Å². The lowest BCUT2D eigenvalue weighted by atomic mass is 10.00. The molecule has 5 nitrogen and oxygen atoms in total. The maximum absolute atomic E-state index is 12.5. The van der Waals surface area contributed by atoms with Gasteiger partial charge in [0, 0.05) is 42.7 Å². The lowest BCUT2D eigenvalue weighted by molar-refractivity contribution is 0.0273. The van der Waals surface area contributed by atoms with E-state index in [1.807, 2.05) is 20.8 Å². The smallest absolute Gasteiger partial charge is 0.410 e. The van der Waals surface area contributed by atoms with E-state index in [0.29, 0.717) is 13.1 Å². The molecule has 0 aliphatic carbocycles. The number of amides is 1. The number of aromatic amines is 1. The zero-order valence-electron chi connectivity index (χ0n) is 21.1. The Morgan fingerprint density at radius 2 is 1.84 bits per heavy atom. The Labute approximate surface area is 194 Å². The summed E-state index contributed by atoms with van der Waals surface area (Å²) in [7, 11) is -1.72. The van der Waals surface area contributed by atoms with E-state index in [1.165, 1.54) is 16.7 Å². The second-order valence-corrected chi connectivity index (χ2v) is 16.2. The molecule has 2 aromatic rings. The maximum atomic E-state index is 12.5. The summed E-state index contributed by atoms with van der Waals surface area (Å²) in [6, 6.07) is 8.71. The van der Waals surface area contributed by atoms with E-state index in [1.54, 1.807) is 4.90 Å². The maximum Gasteiger partial charge on any atom is 0.410 e. The van der Waals surface area contributed by atoms with E-state index in [4.69, 9.17) is 9.16 Å². The van der Waals surface area contributed by atoms with Crippen LogP contribution in [0.25, 0.3) is 16.5 Å². The van der Waals surface area contributed by atoms with Crippen molar-refractivity contribution in [1.29, 1.82) is 0 Å². The SMILES string of the molecule is CC(C)(C)OC(=O)N1CCC=C(c2ccc3[nH]c(CCO[Si](C)(C)C(C)(C)C)cc3c2)C1. The molecule has 1 aliphatic rings. The van der Waals surface area contributed by atoms with Gasteiger partial charge in [-0.1, -0.05) is 32.9 Å². The molecule has 0 unspecified atom stereocenters. The second-order valence-electron chi connectivity index (χ2n) is 11.4. The third-order valence-corrected chi connectivity index (χ3v) is 11.0. The van der Waals surface area contributed by atoms with Gasteiger partial charge in [0.2, 0.25) is 0 Å². The van der Waals surface area contributed by atoms with Crippen LogP contribution in [0.5, 0.6) is 0 Å². The van der Waals surface area contributed by atoms with Gasteiger partial charge in [0.1, 0.15) is 5.60 Å². The third-order valence-electron chi connectivity index (χ3n) is 6.49. The van der Waals surface area contributed by atoms with Gasteiger partial charge in [0.25, 0.3) is 0 Å². The predicted molar refractivity (Wildman–Crippen MR) is 136 cm³/mol. The zero-order chi connectivity index (χ0) is 23.7. The van der Waals surface area contributed by atoms with Crippen LogP contribution < -0.4 is 0 Å². The fraction of sp³-hybridized carbons (Fsp3) is 0.577. The number of aromatic nitrogens is 1. The van der Waals surface area contributed by atoms with Crippen molar-refractivity contribution in [2.75, 3.05) is 19.7 Å². The molecule has 176 valence electrons. The monoisotopic (exact) mass is 456 g/mol. The van der Waals surface area contributed by atoms with E-state index in [0.717, 1.165) is 30.5 Å². The first-order valence-electron chi connectivity index (χ1n) is 11.7. The van der Waals surface area contributed by atoms with Crippen molar-refractivity contribution >= 4 is 30.9 Å². The van der Waals surface area contributed by atoms with Crippen molar-refractivity contribution in [3.8, 4) is 0 Å². The molecule has 1 amide bonds. The summed E-state index contributed by atoms with van der Waals surface area (Å²) in [5, 5.41) is 1.42. The van der Waals surface area contributed by atoms with Crippen LogP contribution in [-0.2, 0) is 15.6 Å². The molecule has 6 heteroatoms. The van der Waals surface area contributed by atoms with Gasteiger partial charge in [-0.15, -0.1) is 0 Å². The number of nitrogens with one attached hydrogen (secondary N) is 1. The van der Waals surface area contributed by atoms with Crippen molar-refractivity contribution in [2.45, 2.75) is 78.1 Å². The third kappa shape index (κ3) is 6.04. The topological polar surface area (TPSA) is 54.6 Å². The molecule has 0 saturated carbocycles. The number of hydrogen-bond donors (Lipinski definition) is 1. The lowest BCUT2D eigenvalue weighted by Crippen LogP contribution is -2.41. The number of rotatable bonds is 5. The Bertz CT molecular complexity index is 993. The number of nitrogens with zero attached hydrogens (tertiary/aromatic N) is 1. The van der Waals surface area contributed by atoms with Crippen LogP contribution in [0.15, 0.2) is 30.3 Å². The number of benzene rings is 1. The van der Waals surface area contributed by atoms with Crippen LogP contribution in [0.1, 0.15) is 59.2 Å². The summed E-state index contributed by atoms with van der Waals surface area (Å²) in [6.07, 6.45) is 3.72. The van der Waals surface area contributed by atoms with Crippen molar-refractivity contribution in [2.24, 2.45) is 0 Å². The van der Waals surface area contributed by atoms with E-state index in [2.05, 4.69) is 69.2 Å². The molecule has 3 rings (SSSR count). The molecule has 1 N–H and O–H groups in total. The minimum Gasteiger partial charge on any atom is -0.444 e. The minimum atomic E-state index is -1.72. The van der Waals surface area contributed by atoms with Crippen LogP contribution in [0.4, 0.5) is 4.79 Å². The molecule has 2 heterocycles. The number of hydrogen-bond acceptors (Lipinski definition) is 3. The first-order valence-corrected chi connectivity index (χ1v) is 14.6. The van der Waals surface area contributed by atoms with Gasteiger partial charge in [-0.3, -0.25) is 0 Å². The molecule has 0 spiro atoms. The standard InChI is InChI=1S/C26H40N2O3Si/c1-25(2,3)31-24(29)28-14-9-10-20(18-28)19-11-12-23-21(16-19)17-22(27-23)13-15-30-32(7,8)26(4,5)6/h10-12,16-17,27H,9,13-15,18H2,1-8H3. The fourth-order valence-corrected chi connectivity index (χ4v) is 4.64. The quantitative estimate of drug-likeness (QED) is 0.506. The summed E-state index contributed by atoms with van der Waals surface area (Å²) in [5.41, 5.74) is 4.19. The fourth-order valence-electron chi connectivity index (χ4n) is 3.60. The van der Waals surface area contributed by atoms with Gasteiger partial charge >= 0.3 is 6.09 Å². The molecule has 32 heavy (non-hydrogen) atoms. The van der Waals surface area contributed by atoms with E-state index < -0.39 is 13.9 Å². The van der Waals surface area contributed by atoms with Crippen LogP contribution in [0.2, 0.25) is 18.1 Å². The number of H-pyrrole nitrogens is 1. The molecular weight excluding hydrogens is 416 g/mol. The van der Waals surface area contributed by atoms with Crippen molar-refractivity contribution in [3.05, 3.63) is 41.6 Å². The van der Waals surface area contributed by atoms with Gasteiger partial charge in [-0.2, -0.15) is 0 Å². The Morgan fingerprint density at radius 3 is 2.50 bits per heavy atom. The molecule has 0 radical (unpaired) electrons. The Kier molecular flexibility index (Phi) is 6.96. The molecule has 1 aliphatic heterocycles. The van der Waals surface area contributed by atoms with Gasteiger partial charge in [0.15, 0.2) is 8.32 Å². The molecule has 0 atom stereocenters. The highest BCUT2D eigenvalue weighted by atomic mass is 28.4. The van der Waals surface area contributed by atoms with Crippen molar-refractivity contribution < 1.29 is 14.0 Å². The summed E-state index contributed by atoms with van der Waals surface area (Å²) < 4.78 is 11.9. The average molecular weight is 457 g/mol. The normalized spacial score (nSPS) is 15.8. The molecule has 0 fully saturated rings. The average Bonchev–Trinajstić information content (AvgIpc) is 3.07. The highest BCUT2D eigenvalue weighted by Crippen LogP contribution is 2.36.